The van der Waals surface area contributed by atoms with Crippen LogP contribution in [0, 0.1) is 18.6 Å². The first kappa shape index (κ1) is 29.1. The molecule has 3 N–H and O–H groups in total. The van der Waals surface area contributed by atoms with Gasteiger partial charge in [-0.15, -0.1) is 0 Å². The molecule has 1 aromatic carbocycles. The average molecular weight is 594 g/mol. The van der Waals surface area contributed by atoms with Crippen LogP contribution in [0.25, 0.3) is 0 Å². The van der Waals surface area contributed by atoms with E-state index in [9.17, 15) is 13.6 Å². The van der Waals surface area contributed by atoms with Gasteiger partial charge in [0, 0.05) is 71.8 Å². The lowest BCUT2D eigenvalue weighted by Gasteiger charge is -2.27. The zero-order valence-electron chi connectivity index (χ0n) is 21.8. The third kappa shape index (κ3) is 6.63. The van der Waals surface area contributed by atoms with Crippen molar-refractivity contribution in [1.29, 1.82) is 0 Å². The molecule has 206 valence electrons. The largest absolute Gasteiger partial charge is 0.355 e. The number of carbonyl (C=O) groups excluding carboxylic acids is 1. The second-order valence-corrected chi connectivity index (χ2v) is 10.8. The molecule has 0 spiro atoms. The lowest BCUT2D eigenvalue weighted by Crippen LogP contribution is -2.32. The number of hydrogen-bond donors (Lipinski definition) is 3. The van der Waals surface area contributed by atoms with E-state index < -0.39 is 11.6 Å². The molecule has 0 saturated carbocycles. The van der Waals surface area contributed by atoms with Crippen LogP contribution >= 0.6 is 35.0 Å². The minimum atomic E-state index is -0.682. The van der Waals surface area contributed by atoms with Crippen molar-refractivity contribution in [1.82, 2.24) is 25.6 Å². The van der Waals surface area contributed by atoms with E-state index in [1.807, 2.05) is 19.9 Å². The maximum Gasteiger partial charge on any atom is 0.253 e. The number of imidazole rings is 1. The third-order valence-electron chi connectivity index (χ3n) is 6.21. The molecule has 2 aliphatic rings. The third-order valence-corrected chi connectivity index (χ3v) is 7.84. The Morgan fingerprint density at radius 2 is 2.05 bits per heavy atom. The van der Waals surface area contributed by atoms with E-state index in [0.717, 1.165) is 41.5 Å². The van der Waals surface area contributed by atoms with Gasteiger partial charge in [0.05, 0.1) is 17.0 Å². The molecule has 39 heavy (non-hydrogen) atoms. The molecule has 0 fully saturated rings. The Morgan fingerprint density at radius 3 is 2.67 bits per heavy atom. The number of likely N-dealkylation sites (N-methyl/N-ethyl adjacent to an activating group) is 2. The predicted molar refractivity (Wildman–Crippen MR) is 152 cm³/mol. The topological polar surface area (TPSA) is 85.4 Å². The van der Waals surface area contributed by atoms with Crippen molar-refractivity contribution in [3.63, 3.8) is 0 Å². The average Bonchev–Trinajstić information content (AvgIpc) is 3.26. The summed E-state index contributed by atoms with van der Waals surface area (Å²) in [5.74, 6) is -0.793. The number of amides is 1. The molecule has 12 heteroatoms. The molecular weight excluding hydrogens is 565 g/mol. The lowest BCUT2D eigenvalue weighted by molar-refractivity contribution is -0.116. The highest BCUT2D eigenvalue weighted by molar-refractivity contribution is 8.14. The van der Waals surface area contributed by atoms with Crippen molar-refractivity contribution in [2.24, 2.45) is 5.10 Å². The number of benzene rings is 1. The van der Waals surface area contributed by atoms with E-state index in [-0.39, 0.29) is 22.4 Å². The summed E-state index contributed by atoms with van der Waals surface area (Å²) in [7, 11) is 3.19. The molecular formula is C27H28Cl2F2N6OS. The molecule has 1 atom stereocenters. The molecule has 1 aliphatic carbocycles. The van der Waals surface area contributed by atoms with Gasteiger partial charge in [-0.3, -0.25) is 9.80 Å². The Labute approximate surface area is 240 Å². The summed E-state index contributed by atoms with van der Waals surface area (Å²) in [5.41, 5.74) is 3.08. The van der Waals surface area contributed by atoms with Crippen LogP contribution in [0.2, 0.25) is 0 Å². The molecule has 1 amide bonds. The van der Waals surface area contributed by atoms with Gasteiger partial charge in [0.15, 0.2) is 0 Å². The highest BCUT2D eigenvalue weighted by Crippen LogP contribution is 2.38. The van der Waals surface area contributed by atoms with Gasteiger partial charge in [0.2, 0.25) is 0 Å². The number of H-pyrrole nitrogens is 1. The fourth-order valence-corrected chi connectivity index (χ4v) is 5.80. The van der Waals surface area contributed by atoms with Gasteiger partial charge in [-0.2, -0.15) is 5.10 Å². The SMILES string of the molecule is CCc1nc(CN[C@H]2C=C(Cl)C(/C(C(=O)NC)=C3\C=CC(Sc4ccc(F)cc4F)=NN3C)=C(Cl)C2)c(C)[nH]1. The number of nitrogens with zero attached hydrogens (tertiary/aromatic N) is 3. The molecule has 1 aromatic heterocycles. The highest BCUT2D eigenvalue weighted by atomic mass is 35.5. The van der Waals surface area contributed by atoms with Gasteiger partial charge in [-0.1, -0.05) is 41.9 Å². The highest BCUT2D eigenvalue weighted by Gasteiger charge is 2.30. The fraction of sp³-hybridized carbons (Fsp3) is 0.296. The van der Waals surface area contributed by atoms with Crippen LogP contribution in [-0.2, 0) is 17.8 Å². The van der Waals surface area contributed by atoms with Gasteiger partial charge in [0.1, 0.15) is 22.5 Å². The van der Waals surface area contributed by atoms with Crippen molar-refractivity contribution >= 4 is 45.9 Å². The van der Waals surface area contributed by atoms with Crippen molar-refractivity contribution in [2.75, 3.05) is 14.1 Å². The van der Waals surface area contributed by atoms with E-state index in [1.165, 1.54) is 24.2 Å². The second-order valence-electron chi connectivity index (χ2n) is 8.91. The zero-order valence-corrected chi connectivity index (χ0v) is 24.2. The fourth-order valence-electron chi connectivity index (χ4n) is 4.21. The second kappa shape index (κ2) is 12.5. The quantitative estimate of drug-likeness (QED) is 0.362. The number of thioether (sulfide) groups is 1. The molecule has 0 bridgehead atoms. The van der Waals surface area contributed by atoms with E-state index in [2.05, 4.69) is 25.7 Å². The standard InChI is InChI=1S/C27H28Cl2F2N6OS/c1-5-23-34-14(2)20(35-23)13-33-16-11-17(28)25(18(29)12-16)26(27(38)32-3)21-7-9-24(36-37(21)4)39-22-8-6-15(30)10-19(22)31/h6-11,16,33H,5,12-13H2,1-4H3,(H,32,38)(H,34,35)/b26-21-/t16-/m0/s1. The Hall–Kier alpha value is -2.92. The number of halogens is 4. The number of hydrogen-bond acceptors (Lipinski definition) is 6. The van der Waals surface area contributed by atoms with Gasteiger partial charge < -0.3 is 15.6 Å². The summed E-state index contributed by atoms with van der Waals surface area (Å²) in [6, 6.07) is 3.20. The molecule has 7 nitrogen and oxygen atoms in total. The number of hydrazone groups is 1. The minimum Gasteiger partial charge on any atom is -0.355 e. The number of nitrogens with one attached hydrogen (secondary N) is 3. The maximum absolute atomic E-state index is 14.1. The smallest absolute Gasteiger partial charge is 0.253 e. The number of aromatic nitrogens is 2. The van der Waals surface area contributed by atoms with Crippen LogP contribution in [0.5, 0.6) is 0 Å². The Kier molecular flexibility index (Phi) is 9.32. The molecule has 0 saturated heterocycles. The lowest BCUT2D eigenvalue weighted by atomic mass is 9.93. The van der Waals surface area contributed by atoms with Crippen molar-refractivity contribution in [2.45, 2.75) is 44.2 Å². The summed E-state index contributed by atoms with van der Waals surface area (Å²) < 4.78 is 27.4. The van der Waals surface area contributed by atoms with Crippen molar-refractivity contribution in [3.8, 4) is 0 Å². The first-order chi connectivity index (χ1) is 18.6. The molecule has 2 aromatic rings. The minimum absolute atomic E-state index is 0.155. The summed E-state index contributed by atoms with van der Waals surface area (Å²) >= 11 is 14.5. The van der Waals surface area contributed by atoms with Gasteiger partial charge >= 0.3 is 0 Å². The summed E-state index contributed by atoms with van der Waals surface area (Å²) in [6.07, 6.45) is 6.43. The predicted octanol–water partition coefficient (Wildman–Crippen LogP) is 5.64. The van der Waals surface area contributed by atoms with Gasteiger partial charge in [-0.25, -0.2) is 13.8 Å². The number of allylic oxidation sites excluding steroid dienone is 2. The van der Waals surface area contributed by atoms with Crippen LogP contribution < -0.4 is 10.6 Å². The number of carbonyl (C=O) groups is 1. The van der Waals surface area contributed by atoms with Gasteiger partial charge in [-0.05, 0) is 37.3 Å². The molecule has 2 heterocycles. The van der Waals surface area contributed by atoms with Crippen LogP contribution in [-0.4, -0.2) is 46.1 Å². The summed E-state index contributed by atoms with van der Waals surface area (Å²) in [4.78, 5) is 21.2. The first-order valence-corrected chi connectivity index (χ1v) is 13.8. The molecule has 1 aliphatic heterocycles. The summed E-state index contributed by atoms with van der Waals surface area (Å²) in [5, 5.41) is 13.3. The Bertz CT molecular complexity index is 1450. The van der Waals surface area contributed by atoms with Crippen LogP contribution in [0.15, 0.2) is 73.3 Å². The number of aromatic amines is 1. The van der Waals surface area contributed by atoms with Crippen LogP contribution in [0.3, 0.4) is 0 Å². The molecule has 4 rings (SSSR count). The van der Waals surface area contributed by atoms with Crippen molar-refractivity contribution < 1.29 is 13.6 Å². The normalized spacial score (nSPS) is 18.8. The van der Waals surface area contributed by atoms with Crippen LogP contribution in [0.4, 0.5) is 8.78 Å². The Morgan fingerprint density at radius 1 is 1.28 bits per heavy atom. The van der Waals surface area contributed by atoms with Gasteiger partial charge in [0.25, 0.3) is 5.91 Å². The van der Waals surface area contributed by atoms with E-state index in [0.29, 0.717) is 39.3 Å². The van der Waals surface area contributed by atoms with E-state index in [1.54, 1.807) is 19.2 Å². The molecule has 0 unspecified atom stereocenters. The number of rotatable bonds is 7. The monoisotopic (exact) mass is 592 g/mol. The van der Waals surface area contributed by atoms with E-state index >= 15 is 0 Å². The zero-order chi connectivity index (χ0) is 28.3. The first-order valence-electron chi connectivity index (χ1n) is 12.2. The van der Waals surface area contributed by atoms with Crippen molar-refractivity contribution in [3.05, 3.63) is 92.2 Å². The van der Waals surface area contributed by atoms with E-state index in [4.69, 9.17) is 23.2 Å². The number of aryl methyl sites for hydroxylation is 2. The molecule has 0 radical (unpaired) electrons. The maximum atomic E-state index is 14.1. The summed E-state index contributed by atoms with van der Waals surface area (Å²) in [6.45, 7) is 4.56. The van der Waals surface area contributed by atoms with Crippen LogP contribution in [0.1, 0.15) is 30.6 Å². The Balaban J connectivity index is 1.57.